The molecule has 0 saturated heterocycles. The highest BCUT2D eigenvalue weighted by atomic mass is 16.5. The van der Waals surface area contributed by atoms with Crippen molar-refractivity contribution >= 4 is 6.41 Å². The molecule has 1 amide bonds. The Kier molecular flexibility index (Phi) is 2.76. The summed E-state index contributed by atoms with van der Waals surface area (Å²) in [5, 5.41) is 2.62. The second-order valence-corrected chi connectivity index (χ2v) is 3.37. The molecule has 0 radical (unpaired) electrons. The number of ether oxygens (including phenoxy) is 2. The molecule has 0 saturated carbocycles. The minimum absolute atomic E-state index is 0.220. The van der Waals surface area contributed by atoms with Gasteiger partial charge in [0.05, 0.1) is 7.11 Å². The van der Waals surface area contributed by atoms with Crippen molar-refractivity contribution in [3.05, 3.63) is 23.8 Å². The van der Waals surface area contributed by atoms with Crippen LogP contribution in [0, 0.1) is 0 Å². The van der Waals surface area contributed by atoms with E-state index >= 15 is 0 Å². The van der Waals surface area contributed by atoms with Crippen molar-refractivity contribution in [2.24, 2.45) is 0 Å². The standard InChI is InChI=1S/C11H13NO3/c1-14-9-3-2-4-10-8(9)5-6-11(15-10)12-7-13/h2-4,7,11H,5-6H2,1H3,(H,12,13). The predicted octanol–water partition coefficient (Wildman–Crippen LogP) is 1.09. The van der Waals surface area contributed by atoms with Crippen LogP contribution in [0.2, 0.25) is 0 Å². The highest BCUT2D eigenvalue weighted by Gasteiger charge is 2.21. The first-order valence-corrected chi connectivity index (χ1v) is 4.87. The van der Waals surface area contributed by atoms with Gasteiger partial charge in [0.25, 0.3) is 0 Å². The first-order chi connectivity index (χ1) is 7.35. The highest BCUT2D eigenvalue weighted by molar-refractivity contribution is 5.49. The van der Waals surface area contributed by atoms with E-state index in [1.807, 2.05) is 18.2 Å². The first-order valence-electron chi connectivity index (χ1n) is 4.87. The number of hydrogen-bond acceptors (Lipinski definition) is 3. The van der Waals surface area contributed by atoms with Gasteiger partial charge in [-0.3, -0.25) is 4.79 Å². The average molecular weight is 207 g/mol. The normalized spacial score (nSPS) is 18.6. The third-order valence-electron chi connectivity index (χ3n) is 2.49. The molecule has 1 unspecified atom stereocenters. The Morgan fingerprint density at radius 1 is 1.60 bits per heavy atom. The summed E-state index contributed by atoms with van der Waals surface area (Å²) in [6.07, 6.45) is 2.06. The van der Waals surface area contributed by atoms with E-state index in [0.717, 1.165) is 29.9 Å². The molecule has 0 aromatic heterocycles. The number of carbonyl (C=O) groups is 1. The van der Waals surface area contributed by atoms with Crippen LogP contribution in [0.4, 0.5) is 0 Å². The number of methoxy groups -OCH3 is 1. The van der Waals surface area contributed by atoms with E-state index in [4.69, 9.17) is 9.47 Å². The van der Waals surface area contributed by atoms with Gasteiger partial charge in [-0.05, 0) is 18.6 Å². The lowest BCUT2D eigenvalue weighted by Gasteiger charge is -2.26. The lowest BCUT2D eigenvalue weighted by atomic mass is 10.0. The number of nitrogens with one attached hydrogen (secondary N) is 1. The van der Waals surface area contributed by atoms with E-state index in [9.17, 15) is 4.79 Å². The summed E-state index contributed by atoms with van der Waals surface area (Å²) < 4.78 is 10.8. The number of rotatable bonds is 3. The van der Waals surface area contributed by atoms with Crippen molar-refractivity contribution < 1.29 is 14.3 Å². The molecular formula is C11H13NO3. The summed E-state index contributed by atoms with van der Waals surface area (Å²) in [6.45, 7) is 0. The van der Waals surface area contributed by atoms with E-state index in [1.165, 1.54) is 0 Å². The minimum atomic E-state index is -0.220. The molecule has 4 heteroatoms. The fraction of sp³-hybridized carbons (Fsp3) is 0.364. The van der Waals surface area contributed by atoms with Crippen molar-refractivity contribution in [1.82, 2.24) is 5.32 Å². The Labute approximate surface area is 88.2 Å². The molecule has 1 aliphatic rings. The van der Waals surface area contributed by atoms with Crippen molar-refractivity contribution in [3.63, 3.8) is 0 Å². The molecule has 0 aliphatic carbocycles. The Bertz CT molecular complexity index is 365. The highest BCUT2D eigenvalue weighted by Crippen LogP contribution is 2.33. The van der Waals surface area contributed by atoms with Crippen LogP contribution < -0.4 is 14.8 Å². The SMILES string of the molecule is COc1cccc2c1CCC(NC=O)O2. The third-order valence-corrected chi connectivity index (χ3v) is 2.49. The van der Waals surface area contributed by atoms with Crippen molar-refractivity contribution in [3.8, 4) is 11.5 Å². The van der Waals surface area contributed by atoms with Gasteiger partial charge in [-0.1, -0.05) is 6.07 Å². The summed E-state index contributed by atoms with van der Waals surface area (Å²) in [6, 6.07) is 5.67. The first kappa shape index (κ1) is 9.83. The van der Waals surface area contributed by atoms with Crippen LogP contribution in [-0.2, 0) is 11.2 Å². The zero-order valence-corrected chi connectivity index (χ0v) is 8.53. The van der Waals surface area contributed by atoms with Gasteiger partial charge in [0, 0.05) is 12.0 Å². The molecule has 1 aromatic carbocycles. The molecule has 1 aromatic rings. The fourth-order valence-electron chi connectivity index (χ4n) is 1.77. The van der Waals surface area contributed by atoms with Gasteiger partial charge in [0.15, 0.2) is 6.23 Å². The number of hydrogen-bond donors (Lipinski definition) is 1. The smallest absolute Gasteiger partial charge is 0.209 e. The molecule has 1 aliphatic heterocycles. The zero-order chi connectivity index (χ0) is 10.7. The summed E-state index contributed by atoms with van der Waals surface area (Å²) >= 11 is 0. The van der Waals surface area contributed by atoms with Crippen LogP contribution in [0.25, 0.3) is 0 Å². The Hall–Kier alpha value is -1.71. The van der Waals surface area contributed by atoms with E-state index in [-0.39, 0.29) is 6.23 Å². The molecule has 0 fully saturated rings. The van der Waals surface area contributed by atoms with Gasteiger partial charge >= 0.3 is 0 Å². The van der Waals surface area contributed by atoms with E-state index in [0.29, 0.717) is 6.41 Å². The Morgan fingerprint density at radius 3 is 3.20 bits per heavy atom. The maximum absolute atomic E-state index is 10.3. The van der Waals surface area contributed by atoms with Crippen LogP contribution in [0.5, 0.6) is 11.5 Å². The van der Waals surface area contributed by atoms with Crippen molar-refractivity contribution in [1.29, 1.82) is 0 Å². The maximum atomic E-state index is 10.3. The lowest BCUT2D eigenvalue weighted by molar-refractivity contribution is -0.112. The summed E-state index contributed by atoms with van der Waals surface area (Å²) in [5.41, 5.74) is 1.07. The van der Waals surface area contributed by atoms with Gasteiger partial charge < -0.3 is 14.8 Å². The molecule has 80 valence electrons. The van der Waals surface area contributed by atoms with E-state index in [1.54, 1.807) is 7.11 Å². The number of benzene rings is 1. The van der Waals surface area contributed by atoms with Crippen molar-refractivity contribution in [2.75, 3.05) is 7.11 Å². The number of fused-ring (bicyclic) bond motifs is 1. The largest absolute Gasteiger partial charge is 0.496 e. The van der Waals surface area contributed by atoms with Gasteiger partial charge in [-0.25, -0.2) is 0 Å². The van der Waals surface area contributed by atoms with Gasteiger partial charge in [0.1, 0.15) is 11.5 Å². The van der Waals surface area contributed by atoms with Crippen LogP contribution >= 0.6 is 0 Å². The molecule has 4 nitrogen and oxygen atoms in total. The van der Waals surface area contributed by atoms with Crippen LogP contribution in [0.3, 0.4) is 0 Å². The molecule has 1 atom stereocenters. The number of carbonyl (C=O) groups excluding carboxylic acids is 1. The van der Waals surface area contributed by atoms with E-state index < -0.39 is 0 Å². The summed E-state index contributed by atoms with van der Waals surface area (Å²) in [5.74, 6) is 1.64. The van der Waals surface area contributed by atoms with Crippen LogP contribution in [0.15, 0.2) is 18.2 Å². The Balaban J connectivity index is 2.23. The van der Waals surface area contributed by atoms with E-state index in [2.05, 4.69) is 5.32 Å². The molecule has 1 heterocycles. The molecular weight excluding hydrogens is 194 g/mol. The topological polar surface area (TPSA) is 47.6 Å². The van der Waals surface area contributed by atoms with Crippen molar-refractivity contribution in [2.45, 2.75) is 19.1 Å². The second-order valence-electron chi connectivity index (χ2n) is 3.37. The average Bonchev–Trinajstić information content (AvgIpc) is 2.28. The van der Waals surface area contributed by atoms with Gasteiger partial charge in [0.2, 0.25) is 6.41 Å². The Morgan fingerprint density at radius 2 is 2.47 bits per heavy atom. The lowest BCUT2D eigenvalue weighted by Crippen LogP contribution is -2.36. The summed E-state index contributed by atoms with van der Waals surface area (Å²) in [4.78, 5) is 10.3. The molecule has 2 rings (SSSR count). The second kappa shape index (κ2) is 4.21. The van der Waals surface area contributed by atoms with Crippen LogP contribution in [0.1, 0.15) is 12.0 Å². The zero-order valence-electron chi connectivity index (χ0n) is 8.53. The fourth-order valence-corrected chi connectivity index (χ4v) is 1.77. The molecule has 1 N–H and O–H groups in total. The monoisotopic (exact) mass is 207 g/mol. The van der Waals surface area contributed by atoms with Gasteiger partial charge in [-0.2, -0.15) is 0 Å². The molecule has 0 bridgehead atoms. The molecule has 15 heavy (non-hydrogen) atoms. The summed E-state index contributed by atoms with van der Waals surface area (Å²) in [7, 11) is 1.64. The van der Waals surface area contributed by atoms with Gasteiger partial charge in [-0.15, -0.1) is 0 Å². The third kappa shape index (κ3) is 1.88. The predicted molar refractivity (Wildman–Crippen MR) is 54.9 cm³/mol. The quantitative estimate of drug-likeness (QED) is 0.755. The minimum Gasteiger partial charge on any atom is -0.496 e. The van der Waals surface area contributed by atoms with Crippen LogP contribution in [-0.4, -0.2) is 19.7 Å². The maximum Gasteiger partial charge on any atom is 0.209 e. The number of amides is 1. The molecule has 0 spiro atoms.